The molecule has 100 valence electrons. The van der Waals surface area contributed by atoms with E-state index >= 15 is 0 Å². The van der Waals surface area contributed by atoms with E-state index < -0.39 is 0 Å². The van der Waals surface area contributed by atoms with Gasteiger partial charge in [-0.3, -0.25) is 0 Å². The van der Waals surface area contributed by atoms with E-state index in [0.29, 0.717) is 12.4 Å². The largest absolute Gasteiger partial charge is 0.444 e. The number of hydrogen-bond acceptors (Lipinski definition) is 5. The number of nitrogens with one attached hydrogen (secondary N) is 1. The van der Waals surface area contributed by atoms with Gasteiger partial charge in [0.05, 0.1) is 12.7 Å². The van der Waals surface area contributed by atoms with Gasteiger partial charge in [-0.1, -0.05) is 6.92 Å². The van der Waals surface area contributed by atoms with E-state index in [0.717, 1.165) is 30.8 Å². The zero-order chi connectivity index (χ0) is 13.1. The topological polar surface area (TPSA) is 63.8 Å². The molecule has 5 nitrogen and oxygen atoms in total. The number of fused-ring (bicyclic) bond motifs is 1. The lowest BCUT2D eigenvalue weighted by atomic mass is 9.96. The molecular weight excluding hydrogens is 240 g/mol. The highest BCUT2D eigenvalue weighted by Crippen LogP contribution is 2.24. The molecule has 0 amide bonds. The monoisotopic (exact) mass is 258 g/mol. The molecule has 0 atom stereocenters. The van der Waals surface area contributed by atoms with Crippen molar-refractivity contribution >= 4 is 5.82 Å². The second-order valence-corrected chi connectivity index (χ2v) is 4.78. The summed E-state index contributed by atoms with van der Waals surface area (Å²) in [7, 11) is 0. The lowest BCUT2D eigenvalue weighted by Crippen LogP contribution is -2.12. The molecule has 2 heterocycles. The molecular formula is C14H18N4O. The van der Waals surface area contributed by atoms with Crippen LogP contribution in [0.2, 0.25) is 0 Å². The minimum absolute atomic E-state index is 0.573. The van der Waals surface area contributed by atoms with Gasteiger partial charge in [-0.05, 0) is 25.7 Å². The van der Waals surface area contributed by atoms with Crippen LogP contribution in [-0.2, 0) is 25.8 Å². The summed E-state index contributed by atoms with van der Waals surface area (Å²) in [5.74, 6) is 2.56. The van der Waals surface area contributed by atoms with Crippen LogP contribution in [0.15, 0.2) is 16.9 Å². The van der Waals surface area contributed by atoms with Gasteiger partial charge in [0.2, 0.25) is 5.89 Å². The fourth-order valence-electron chi connectivity index (χ4n) is 2.43. The highest BCUT2D eigenvalue weighted by molar-refractivity contribution is 5.46. The summed E-state index contributed by atoms with van der Waals surface area (Å²) in [4.78, 5) is 12.9. The average molecular weight is 258 g/mol. The van der Waals surface area contributed by atoms with Crippen LogP contribution in [0.5, 0.6) is 0 Å². The number of aryl methyl sites for hydroxylation is 2. The zero-order valence-electron chi connectivity index (χ0n) is 11.1. The molecule has 2 aromatic heterocycles. The molecule has 0 aliphatic heterocycles. The van der Waals surface area contributed by atoms with Gasteiger partial charge in [-0.2, -0.15) is 0 Å². The number of aromatic nitrogens is 3. The fourth-order valence-corrected chi connectivity index (χ4v) is 2.43. The smallest absolute Gasteiger partial charge is 0.213 e. The van der Waals surface area contributed by atoms with Crippen molar-refractivity contribution in [3.63, 3.8) is 0 Å². The van der Waals surface area contributed by atoms with E-state index in [2.05, 4.69) is 27.2 Å². The molecule has 0 saturated carbocycles. The summed E-state index contributed by atoms with van der Waals surface area (Å²) in [6, 6.07) is 0. The molecule has 5 heteroatoms. The van der Waals surface area contributed by atoms with Crippen molar-refractivity contribution in [2.75, 3.05) is 5.32 Å². The third kappa shape index (κ3) is 2.59. The number of oxazole rings is 1. The highest BCUT2D eigenvalue weighted by Gasteiger charge is 2.15. The Balaban J connectivity index is 1.73. The third-order valence-corrected chi connectivity index (χ3v) is 3.48. The zero-order valence-corrected chi connectivity index (χ0v) is 11.1. The van der Waals surface area contributed by atoms with Gasteiger partial charge in [0.25, 0.3) is 0 Å². The van der Waals surface area contributed by atoms with Crippen molar-refractivity contribution in [3.05, 3.63) is 35.4 Å². The summed E-state index contributed by atoms with van der Waals surface area (Å²) in [5.41, 5.74) is 2.45. The molecule has 0 radical (unpaired) electrons. The van der Waals surface area contributed by atoms with Crippen LogP contribution in [0.25, 0.3) is 0 Å². The van der Waals surface area contributed by atoms with Crippen LogP contribution in [0, 0.1) is 0 Å². The fraction of sp³-hybridized carbons (Fsp3) is 0.500. The lowest BCUT2D eigenvalue weighted by molar-refractivity contribution is 0.465. The van der Waals surface area contributed by atoms with Crippen LogP contribution < -0.4 is 5.32 Å². The van der Waals surface area contributed by atoms with E-state index in [9.17, 15) is 0 Å². The van der Waals surface area contributed by atoms with E-state index in [-0.39, 0.29) is 0 Å². The quantitative estimate of drug-likeness (QED) is 0.913. The van der Waals surface area contributed by atoms with Crippen LogP contribution >= 0.6 is 0 Å². The Labute approximate surface area is 112 Å². The summed E-state index contributed by atoms with van der Waals surface area (Å²) >= 11 is 0. The Morgan fingerprint density at radius 1 is 1.21 bits per heavy atom. The maximum atomic E-state index is 5.58. The maximum absolute atomic E-state index is 5.58. The van der Waals surface area contributed by atoms with Crippen molar-refractivity contribution in [3.8, 4) is 0 Å². The highest BCUT2D eigenvalue weighted by atomic mass is 16.4. The first-order chi connectivity index (χ1) is 9.36. The number of hydrogen-bond donors (Lipinski definition) is 1. The second-order valence-electron chi connectivity index (χ2n) is 4.78. The Morgan fingerprint density at radius 2 is 2.11 bits per heavy atom. The molecule has 0 fully saturated rings. The normalized spacial score (nSPS) is 14.2. The first-order valence-corrected chi connectivity index (χ1v) is 6.87. The summed E-state index contributed by atoms with van der Waals surface area (Å²) in [5, 5.41) is 3.32. The predicted octanol–water partition coefficient (Wildman–Crippen LogP) is 2.52. The Kier molecular flexibility index (Phi) is 3.44. The minimum atomic E-state index is 0.573. The van der Waals surface area contributed by atoms with Gasteiger partial charge in [0.15, 0.2) is 0 Å². The Bertz CT molecular complexity index is 564. The first-order valence-electron chi connectivity index (χ1n) is 6.87. The van der Waals surface area contributed by atoms with Crippen LogP contribution in [-0.4, -0.2) is 15.0 Å². The van der Waals surface area contributed by atoms with Gasteiger partial charge in [0.1, 0.15) is 17.9 Å². The molecule has 0 aromatic carbocycles. The predicted molar refractivity (Wildman–Crippen MR) is 71.9 cm³/mol. The van der Waals surface area contributed by atoms with Gasteiger partial charge in [0, 0.05) is 17.7 Å². The average Bonchev–Trinajstić information content (AvgIpc) is 2.93. The summed E-state index contributed by atoms with van der Waals surface area (Å²) in [6.45, 7) is 2.63. The van der Waals surface area contributed by atoms with Crippen molar-refractivity contribution < 1.29 is 4.42 Å². The van der Waals surface area contributed by atoms with Crippen LogP contribution in [0.4, 0.5) is 5.82 Å². The molecule has 0 bridgehead atoms. The molecule has 19 heavy (non-hydrogen) atoms. The van der Waals surface area contributed by atoms with Gasteiger partial charge in [-0.25, -0.2) is 15.0 Å². The van der Waals surface area contributed by atoms with Crippen LogP contribution in [0.1, 0.15) is 42.7 Å². The van der Waals surface area contributed by atoms with Gasteiger partial charge < -0.3 is 9.73 Å². The molecule has 0 unspecified atom stereocenters. The number of anilines is 1. The van der Waals surface area contributed by atoms with Crippen LogP contribution in [0.3, 0.4) is 0 Å². The molecule has 1 N–H and O–H groups in total. The van der Waals surface area contributed by atoms with Gasteiger partial charge >= 0.3 is 0 Å². The van der Waals surface area contributed by atoms with E-state index in [1.165, 1.54) is 24.1 Å². The molecule has 1 aliphatic carbocycles. The molecule has 0 saturated heterocycles. The maximum Gasteiger partial charge on any atom is 0.213 e. The van der Waals surface area contributed by atoms with E-state index in [1.807, 2.05) is 0 Å². The Morgan fingerprint density at radius 3 is 2.95 bits per heavy atom. The minimum Gasteiger partial charge on any atom is -0.444 e. The number of rotatable bonds is 4. The van der Waals surface area contributed by atoms with Gasteiger partial charge in [-0.15, -0.1) is 0 Å². The standard InChI is InChI=1S/C14H18N4O/c1-2-10-7-15-13(19-10)8-16-14-11-5-3-4-6-12(11)17-9-18-14/h7,9H,2-6,8H2,1H3,(H,16,17,18). The second kappa shape index (κ2) is 5.38. The molecule has 1 aliphatic rings. The SMILES string of the molecule is CCc1cnc(CNc2ncnc3c2CCCC3)o1. The lowest BCUT2D eigenvalue weighted by Gasteiger charge is -2.17. The summed E-state index contributed by atoms with van der Waals surface area (Å²) in [6.07, 6.45) is 8.86. The third-order valence-electron chi connectivity index (χ3n) is 3.48. The van der Waals surface area contributed by atoms with Crippen molar-refractivity contribution in [2.45, 2.75) is 45.6 Å². The Hall–Kier alpha value is -1.91. The van der Waals surface area contributed by atoms with Crippen molar-refractivity contribution in [1.82, 2.24) is 15.0 Å². The summed E-state index contributed by atoms with van der Waals surface area (Å²) < 4.78 is 5.58. The molecule has 0 spiro atoms. The number of nitrogens with zero attached hydrogens (tertiary/aromatic N) is 3. The van der Waals surface area contributed by atoms with Crippen molar-refractivity contribution in [2.24, 2.45) is 0 Å². The van der Waals surface area contributed by atoms with E-state index in [4.69, 9.17) is 4.42 Å². The van der Waals surface area contributed by atoms with E-state index in [1.54, 1.807) is 12.5 Å². The van der Waals surface area contributed by atoms with Crippen molar-refractivity contribution in [1.29, 1.82) is 0 Å². The molecule has 3 rings (SSSR count). The first kappa shape index (κ1) is 12.1. The molecule has 2 aromatic rings.